The highest BCUT2D eigenvalue weighted by Gasteiger charge is 2.28. The number of aryl methyl sites for hydroxylation is 1. The Morgan fingerprint density at radius 1 is 1.37 bits per heavy atom. The van der Waals surface area contributed by atoms with E-state index in [9.17, 15) is 5.11 Å². The second-order valence-corrected chi connectivity index (χ2v) is 5.58. The molecule has 0 spiro atoms. The predicted octanol–water partition coefficient (Wildman–Crippen LogP) is 2.44. The Bertz CT molecular complexity index is 418. The van der Waals surface area contributed by atoms with E-state index in [1.54, 1.807) is 0 Å². The van der Waals surface area contributed by atoms with Crippen LogP contribution in [0.1, 0.15) is 37.8 Å². The fraction of sp³-hybridized carbons (Fsp3) is 0.625. The van der Waals surface area contributed by atoms with Gasteiger partial charge in [-0.25, -0.2) is 0 Å². The molecule has 106 valence electrons. The summed E-state index contributed by atoms with van der Waals surface area (Å²) in [7, 11) is 0. The first-order valence-electron chi connectivity index (χ1n) is 7.24. The summed E-state index contributed by atoms with van der Waals surface area (Å²) in [6.07, 6.45) is 3.00. The second-order valence-electron chi connectivity index (χ2n) is 5.58. The predicted molar refractivity (Wildman–Crippen MR) is 77.7 cm³/mol. The molecule has 3 nitrogen and oxygen atoms in total. The molecule has 0 aromatic heterocycles. The molecule has 1 aliphatic heterocycles. The van der Waals surface area contributed by atoms with Crippen LogP contribution in [0.5, 0.6) is 5.75 Å². The van der Waals surface area contributed by atoms with Crippen LogP contribution in [0.2, 0.25) is 0 Å². The van der Waals surface area contributed by atoms with Gasteiger partial charge in [0.15, 0.2) is 0 Å². The summed E-state index contributed by atoms with van der Waals surface area (Å²) in [5, 5.41) is 13.1. The van der Waals surface area contributed by atoms with Crippen LogP contribution in [0.15, 0.2) is 18.2 Å². The quantitative estimate of drug-likeness (QED) is 0.828. The molecule has 3 heteroatoms. The summed E-state index contributed by atoms with van der Waals surface area (Å²) in [5.74, 6) is 1.01. The number of aliphatic hydroxyl groups excluding tert-OH is 1. The lowest BCUT2D eigenvalue weighted by Crippen LogP contribution is -2.50. The van der Waals surface area contributed by atoms with Crippen molar-refractivity contribution in [1.29, 1.82) is 0 Å². The van der Waals surface area contributed by atoms with Gasteiger partial charge in [0.2, 0.25) is 0 Å². The van der Waals surface area contributed by atoms with Gasteiger partial charge in [0.1, 0.15) is 11.9 Å². The summed E-state index contributed by atoms with van der Waals surface area (Å²) >= 11 is 0. The SMILES string of the molecule is CCC(CC)(CO)NCC1Cc2cc(C)ccc2O1. The minimum absolute atomic E-state index is 0.159. The highest BCUT2D eigenvalue weighted by Crippen LogP contribution is 2.29. The van der Waals surface area contributed by atoms with E-state index in [4.69, 9.17) is 4.74 Å². The van der Waals surface area contributed by atoms with Crippen molar-refractivity contribution in [2.24, 2.45) is 0 Å². The third-order valence-electron chi connectivity index (χ3n) is 4.32. The molecule has 2 rings (SSSR count). The molecule has 0 bridgehead atoms. The zero-order valence-electron chi connectivity index (χ0n) is 12.2. The summed E-state index contributed by atoms with van der Waals surface area (Å²) in [5.41, 5.74) is 2.42. The van der Waals surface area contributed by atoms with Crippen molar-refractivity contribution in [3.63, 3.8) is 0 Å². The van der Waals surface area contributed by atoms with Gasteiger partial charge in [-0.15, -0.1) is 0 Å². The number of aliphatic hydroxyl groups is 1. The van der Waals surface area contributed by atoms with E-state index in [-0.39, 0.29) is 18.2 Å². The van der Waals surface area contributed by atoms with Crippen molar-refractivity contribution in [3.8, 4) is 5.75 Å². The smallest absolute Gasteiger partial charge is 0.123 e. The average molecular weight is 263 g/mol. The van der Waals surface area contributed by atoms with Gasteiger partial charge in [-0.3, -0.25) is 0 Å². The molecular weight excluding hydrogens is 238 g/mol. The monoisotopic (exact) mass is 263 g/mol. The molecule has 0 saturated heterocycles. The fourth-order valence-electron chi connectivity index (χ4n) is 2.67. The van der Waals surface area contributed by atoms with E-state index in [1.165, 1.54) is 11.1 Å². The van der Waals surface area contributed by atoms with E-state index in [1.807, 2.05) is 0 Å². The number of fused-ring (bicyclic) bond motifs is 1. The first-order chi connectivity index (χ1) is 9.12. The molecule has 1 aliphatic rings. The standard InChI is InChI=1S/C16H25NO2/c1-4-16(5-2,11-18)17-10-14-9-13-8-12(3)6-7-15(13)19-14/h6-8,14,17-18H,4-5,9-11H2,1-3H3. The molecule has 1 heterocycles. The second kappa shape index (κ2) is 5.93. The third kappa shape index (κ3) is 3.10. The molecule has 1 aromatic rings. The number of nitrogens with one attached hydrogen (secondary N) is 1. The number of rotatable bonds is 6. The fourth-order valence-corrected chi connectivity index (χ4v) is 2.67. The first-order valence-corrected chi connectivity index (χ1v) is 7.24. The maximum Gasteiger partial charge on any atom is 0.123 e. The molecule has 0 radical (unpaired) electrons. The van der Waals surface area contributed by atoms with Crippen molar-refractivity contribution in [2.75, 3.05) is 13.2 Å². The molecule has 0 aliphatic carbocycles. The molecule has 19 heavy (non-hydrogen) atoms. The van der Waals surface area contributed by atoms with Crippen LogP contribution in [-0.4, -0.2) is 29.9 Å². The summed E-state index contributed by atoms with van der Waals surface area (Å²) in [6.45, 7) is 7.30. The number of hydrogen-bond donors (Lipinski definition) is 2. The summed E-state index contributed by atoms with van der Waals surface area (Å²) < 4.78 is 5.95. The molecule has 1 aromatic carbocycles. The lowest BCUT2D eigenvalue weighted by atomic mass is 9.93. The van der Waals surface area contributed by atoms with Gasteiger partial charge in [-0.05, 0) is 31.4 Å². The van der Waals surface area contributed by atoms with Gasteiger partial charge < -0.3 is 15.2 Å². The molecule has 1 atom stereocenters. The lowest BCUT2D eigenvalue weighted by molar-refractivity contribution is 0.130. The Hall–Kier alpha value is -1.06. The molecule has 1 unspecified atom stereocenters. The highest BCUT2D eigenvalue weighted by atomic mass is 16.5. The van der Waals surface area contributed by atoms with Gasteiger partial charge in [-0.1, -0.05) is 31.5 Å². The number of ether oxygens (including phenoxy) is 1. The van der Waals surface area contributed by atoms with Gasteiger partial charge in [0, 0.05) is 18.5 Å². The van der Waals surface area contributed by atoms with Gasteiger partial charge in [0.25, 0.3) is 0 Å². The zero-order chi connectivity index (χ0) is 13.9. The molecule has 0 fully saturated rings. The Morgan fingerprint density at radius 3 is 2.74 bits per heavy atom. The van der Waals surface area contributed by atoms with Crippen LogP contribution in [0.3, 0.4) is 0 Å². The van der Waals surface area contributed by atoms with Crippen LogP contribution >= 0.6 is 0 Å². The van der Waals surface area contributed by atoms with E-state index in [0.717, 1.165) is 31.6 Å². The maximum atomic E-state index is 9.56. The highest BCUT2D eigenvalue weighted by molar-refractivity contribution is 5.40. The molecule has 0 amide bonds. The van der Waals surface area contributed by atoms with Gasteiger partial charge >= 0.3 is 0 Å². The Balaban J connectivity index is 1.93. The van der Waals surface area contributed by atoms with Crippen molar-refractivity contribution in [1.82, 2.24) is 5.32 Å². The zero-order valence-corrected chi connectivity index (χ0v) is 12.2. The van der Waals surface area contributed by atoms with E-state index in [0.29, 0.717) is 0 Å². The molecule has 2 N–H and O–H groups in total. The van der Waals surface area contributed by atoms with Crippen molar-refractivity contribution >= 4 is 0 Å². The van der Waals surface area contributed by atoms with Gasteiger partial charge in [0.05, 0.1) is 6.61 Å². The van der Waals surface area contributed by atoms with E-state index < -0.39 is 0 Å². The molecular formula is C16H25NO2. The normalized spacial score (nSPS) is 18.2. The third-order valence-corrected chi connectivity index (χ3v) is 4.32. The largest absolute Gasteiger partial charge is 0.488 e. The summed E-state index contributed by atoms with van der Waals surface area (Å²) in [4.78, 5) is 0. The van der Waals surface area contributed by atoms with E-state index in [2.05, 4.69) is 44.3 Å². The topological polar surface area (TPSA) is 41.5 Å². The Labute approximate surface area is 116 Å². The van der Waals surface area contributed by atoms with Gasteiger partial charge in [-0.2, -0.15) is 0 Å². The Kier molecular flexibility index (Phi) is 4.48. The minimum Gasteiger partial charge on any atom is -0.488 e. The van der Waals surface area contributed by atoms with Crippen LogP contribution in [0, 0.1) is 6.92 Å². The number of benzene rings is 1. The maximum absolute atomic E-state index is 9.56. The first kappa shape index (κ1) is 14.4. The average Bonchev–Trinajstić information content (AvgIpc) is 2.83. The van der Waals surface area contributed by atoms with Crippen LogP contribution < -0.4 is 10.1 Å². The van der Waals surface area contributed by atoms with Crippen molar-refractivity contribution < 1.29 is 9.84 Å². The Morgan fingerprint density at radius 2 is 2.11 bits per heavy atom. The van der Waals surface area contributed by atoms with Crippen LogP contribution in [0.25, 0.3) is 0 Å². The molecule has 0 saturated carbocycles. The lowest BCUT2D eigenvalue weighted by Gasteiger charge is -2.32. The van der Waals surface area contributed by atoms with E-state index >= 15 is 0 Å². The minimum atomic E-state index is -0.159. The summed E-state index contributed by atoms with van der Waals surface area (Å²) in [6, 6.07) is 6.35. The number of hydrogen-bond acceptors (Lipinski definition) is 3. The van der Waals surface area contributed by atoms with Crippen LogP contribution in [-0.2, 0) is 6.42 Å². The van der Waals surface area contributed by atoms with Crippen molar-refractivity contribution in [2.45, 2.75) is 51.7 Å². The van der Waals surface area contributed by atoms with Crippen LogP contribution in [0.4, 0.5) is 0 Å². The van der Waals surface area contributed by atoms with Crippen molar-refractivity contribution in [3.05, 3.63) is 29.3 Å².